The van der Waals surface area contributed by atoms with Crippen LogP contribution in [0.15, 0.2) is 39.6 Å². The maximum atomic E-state index is 10.9. The Morgan fingerprint density at radius 3 is 2.67 bits per heavy atom. The van der Waals surface area contributed by atoms with Gasteiger partial charge in [0, 0.05) is 5.56 Å². The third-order valence-corrected chi connectivity index (χ3v) is 1.97. The van der Waals surface area contributed by atoms with E-state index in [1.807, 2.05) is 0 Å². The van der Waals surface area contributed by atoms with Crippen molar-refractivity contribution < 1.29 is 14.4 Å². The summed E-state index contributed by atoms with van der Waals surface area (Å²) in [6.45, 7) is 0. The number of aromatic nitrogens is 1. The van der Waals surface area contributed by atoms with Crippen LogP contribution in [0.4, 0.5) is 0 Å². The van der Waals surface area contributed by atoms with Crippen LogP contribution >= 0.6 is 0 Å². The van der Waals surface area contributed by atoms with Gasteiger partial charge in [0.2, 0.25) is 0 Å². The van der Waals surface area contributed by atoms with Gasteiger partial charge in [-0.25, -0.2) is 14.7 Å². The molecule has 76 valence electrons. The molecule has 2 N–H and O–H groups in total. The molecular formula is C10H7NO4. The van der Waals surface area contributed by atoms with Crippen molar-refractivity contribution in [3.05, 3.63) is 46.3 Å². The number of benzene rings is 1. The first-order valence-corrected chi connectivity index (χ1v) is 4.19. The van der Waals surface area contributed by atoms with Gasteiger partial charge in [-0.2, -0.15) is 0 Å². The lowest BCUT2D eigenvalue weighted by molar-refractivity contribution is 0.0697. The molecule has 2 rings (SSSR count). The van der Waals surface area contributed by atoms with E-state index in [4.69, 9.17) is 5.11 Å². The topological polar surface area (TPSA) is 83.3 Å². The molecule has 5 heteroatoms. The Hall–Kier alpha value is -2.30. The van der Waals surface area contributed by atoms with Crippen molar-refractivity contribution in [2.75, 3.05) is 0 Å². The minimum Gasteiger partial charge on any atom is -0.478 e. The van der Waals surface area contributed by atoms with Crippen molar-refractivity contribution in [2.24, 2.45) is 0 Å². The third kappa shape index (κ3) is 1.67. The molecule has 0 fully saturated rings. The Labute approximate surface area is 83.9 Å². The molecule has 0 unspecified atom stereocenters. The second-order valence-electron chi connectivity index (χ2n) is 2.93. The number of carboxylic acid groups (broad SMARTS) is 1. The zero-order valence-electron chi connectivity index (χ0n) is 7.56. The van der Waals surface area contributed by atoms with Gasteiger partial charge in [0.1, 0.15) is 0 Å². The summed E-state index contributed by atoms with van der Waals surface area (Å²) in [5.74, 6) is -1.05. The van der Waals surface area contributed by atoms with Gasteiger partial charge in [0.15, 0.2) is 0 Å². The molecule has 2 aromatic rings. The smallest absolute Gasteiger partial charge is 0.357 e. The van der Waals surface area contributed by atoms with Gasteiger partial charge < -0.3 is 9.63 Å². The third-order valence-electron chi connectivity index (χ3n) is 1.97. The number of nitrogens with one attached hydrogen (secondary N) is 1. The van der Waals surface area contributed by atoms with Crippen molar-refractivity contribution in [1.29, 1.82) is 0 Å². The zero-order chi connectivity index (χ0) is 10.8. The van der Waals surface area contributed by atoms with Crippen molar-refractivity contribution in [3.8, 4) is 11.3 Å². The highest BCUT2D eigenvalue weighted by Gasteiger charge is 2.12. The Balaban J connectivity index is 2.62. The SMILES string of the molecule is O=C(O)c1ccccc1-c1cc(=O)o[nH]1. The molecule has 1 heterocycles. The van der Waals surface area contributed by atoms with Gasteiger partial charge in [0.25, 0.3) is 0 Å². The monoisotopic (exact) mass is 205 g/mol. The summed E-state index contributed by atoms with van der Waals surface area (Å²) in [7, 11) is 0. The molecule has 1 aromatic heterocycles. The summed E-state index contributed by atoms with van der Waals surface area (Å²) < 4.78 is 4.48. The molecule has 0 atom stereocenters. The first-order chi connectivity index (χ1) is 7.18. The highest BCUT2D eigenvalue weighted by Crippen LogP contribution is 2.20. The highest BCUT2D eigenvalue weighted by molar-refractivity contribution is 5.95. The normalized spacial score (nSPS) is 10.1. The van der Waals surface area contributed by atoms with Crippen LogP contribution in [0.1, 0.15) is 10.4 Å². The molecule has 1 aromatic carbocycles. The van der Waals surface area contributed by atoms with Crippen molar-refractivity contribution in [3.63, 3.8) is 0 Å². The Morgan fingerprint density at radius 1 is 1.33 bits per heavy atom. The second kappa shape index (κ2) is 3.45. The van der Waals surface area contributed by atoms with E-state index >= 15 is 0 Å². The fourth-order valence-corrected chi connectivity index (χ4v) is 1.32. The van der Waals surface area contributed by atoms with E-state index in [1.165, 1.54) is 12.1 Å². The van der Waals surface area contributed by atoms with E-state index in [9.17, 15) is 9.59 Å². The number of hydrogen-bond acceptors (Lipinski definition) is 3. The Kier molecular flexibility index (Phi) is 2.13. The number of hydrogen-bond donors (Lipinski definition) is 2. The van der Waals surface area contributed by atoms with E-state index in [1.54, 1.807) is 18.2 Å². The fraction of sp³-hybridized carbons (Fsp3) is 0. The van der Waals surface area contributed by atoms with E-state index in [0.29, 0.717) is 11.3 Å². The predicted octanol–water partition coefficient (Wildman–Crippen LogP) is 1.33. The molecular weight excluding hydrogens is 198 g/mol. The lowest BCUT2D eigenvalue weighted by atomic mass is 10.1. The Morgan fingerprint density at radius 2 is 2.07 bits per heavy atom. The number of rotatable bonds is 2. The minimum absolute atomic E-state index is 0.120. The van der Waals surface area contributed by atoms with E-state index in [0.717, 1.165) is 0 Å². The van der Waals surface area contributed by atoms with Crippen molar-refractivity contribution in [2.45, 2.75) is 0 Å². The molecule has 0 aliphatic carbocycles. The molecule has 0 radical (unpaired) electrons. The lowest BCUT2D eigenvalue weighted by Gasteiger charge is -2.01. The Bertz CT molecular complexity index is 552. The predicted molar refractivity (Wildman–Crippen MR) is 51.7 cm³/mol. The van der Waals surface area contributed by atoms with Crippen LogP contribution < -0.4 is 5.63 Å². The molecule has 5 nitrogen and oxygen atoms in total. The summed E-state index contributed by atoms with van der Waals surface area (Å²) in [6.07, 6.45) is 0. The number of carbonyl (C=O) groups is 1. The average molecular weight is 205 g/mol. The number of H-pyrrole nitrogens is 1. The quantitative estimate of drug-likeness (QED) is 0.774. The molecule has 0 aliphatic heterocycles. The van der Waals surface area contributed by atoms with Gasteiger partial charge in [-0.05, 0) is 6.07 Å². The van der Waals surface area contributed by atoms with E-state index in [-0.39, 0.29) is 5.56 Å². The number of aromatic amines is 1. The summed E-state index contributed by atoms with van der Waals surface area (Å²) in [5, 5.41) is 11.3. The molecule has 0 saturated heterocycles. The van der Waals surface area contributed by atoms with Gasteiger partial charge in [-0.1, -0.05) is 18.2 Å². The molecule has 0 spiro atoms. The van der Waals surface area contributed by atoms with Crippen LogP contribution in [0.5, 0.6) is 0 Å². The maximum Gasteiger partial charge on any atom is 0.357 e. The van der Waals surface area contributed by atoms with Crippen LogP contribution in [-0.4, -0.2) is 16.2 Å². The van der Waals surface area contributed by atoms with Crippen LogP contribution in [-0.2, 0) is 0 Å². The van der Waals surface area contributed by atoms with E-state index < -0.39 is 11.6 Å². The fourth-order valence-electron chi connectivity index (χ4n) is 1.32. The molecule has 0 aliphatic rings. The van der Waals surface area contributed by atoms with Gasteiger partial charge in [-0.3, -0.25) is 0 Å². The summed E-state index contributed by atoms with van der Waals surface area (Å²) in [4.78, 5) is 21.7. The van der Waals surface area contributed by atoms with Gasteiger partial charge in [-0.15, -0.1) is 0 Å². The largest absolute Gasteiger partial charge is 0.478 e. The second-order valence-corrected chi connectivity index (χ2v) is 2.93. The lowest BCUT2D eigenvalue weighted by Crippen LogP contribution is -1.99. The zero-order valence-corrected chi connectivity index (χ0v) is 7.56. The average Bonchev–Trinajstić information content (AvgIpc) is 2.65. The molecule has 0 saturated carbocycles. The maximum absolute atomic E-state index is 10.9. The van der Waals surface area contributed by atoms with Crippen LogP contribution in [0.25, 0.3) is 11.3 Å². The molecule has 15 heavy (non-hydrogen) atoms. The number of aromatic carboxylic acids is 1. The molecule has 0 bridgehead atoms. The number of carboxylic acids is 1. The summed E-state index contributed by atoms with van der Waals surface area (Å²) in [6, 6.07) is 7.58. The summed E-state index contributed by atoms with van der Waals surface area (Å²) >= 11 is 0. The minimum atomic E-state index is -1.05. The van der Waals surface area contributed by atoms with Crippen LogP contribution in [0.3, 0.4) is 0 Å². The van der Waals surface area contributed by atoms with Crippen LogP contribution in [0.2, 0.25) is 0 Å². The van der Waals surface area contributed by atoms with Crippen molar-refractivity contribution >= 4 is 5.97 Å². The van der Waals surface area contributed by atoms with Crippen LogP contribution in [0, 0.1) is 0 Å². The first kappa shape index (κ1) is 9.26. The van der Waals surface area contributed by atoms with Gasteiger partial charge in [0.05, 0.1) is 17.3 Å². The summed E-state index contributed by atoms with van der Waals surface area (Å²) in [5.41, 5.74) is 0.369. The standard InChI is InChI=1S/C10H7NO4/c12-9-5-8(11-15-9)6-3-1-2-4-7(6)10(13)14/h1-5,11H,(H,13,14). The van der Waals surface area contributed by atoms with E-state index in [2.05, 4.69) is 9.68 Å². The molecule has 0 amide bonds. The first-order valence-electron chi connectivity index (χ1n) is 4.19. The van der Waals surface area contributed by atoms with Gasteiger partial charge >= 0.3 is 11.6 Å². The highest BCUT2D eigenvalue weighted by atomic mass is 16.5. The van der Waals surface area contributed by atoms with Crippen molar-refractivity contribution in [1.82, 2.24) is 5.16 Å².